The van der Waals surface area contributed by atoms with Crippen LogP contribution in [-0.4, -0.2) is 28.0 Å². The Morgan fingerprint density at radius 3 is 2.73 bits per heavy atom. The maximum atomic E-state index is 12.4. The van der Waals surface area contributed by atoms with Crippen molar-refractivity contribution in [1.29, 1.82) is 0 Å². The Labute approximate surface area is 135 Å². The molecule has 2 N–H and O–H groups in total. The summed E-state index contributed by atoms with van der Waals surface area (Å²) >= 11 is 1.40. The lowest BCUT2D eigenvalue weighted by Gasteiger charge is -2.27. The Morgan fingerprint density at radius 1 is 1.32 bits per heavy atom. The molecule has 0 spiro atoms. The second kappa shape index (κ2) is 8.27. The first-order valence-electron chi connectivity index (χ1n) is 8.10. The van der Waals surface area contributed by atoms with Crippen LogP contribution in [0.3, 0.4) is 0 Å². The molecule has 2 rings (SSSR count). The second-order valence-corrected chi connectivity index (χ2v) is 7.00. The van der Waals surface area contributed by atoms with Gasteiger partial charge in [-0.25, -0.2) is 4.98 Å². The van der Waals surface area contributed by atoms with Crippen LogP contribution in [-0.2, 0) is 11.2 Å². The number of hydrogen-bond donors (Lipinski definition) is 2. The van der Waals surface area contributed by atoms with Gasteiger partial charge in [-0.15, -0.1) is 11.3 Å². The van der Waals surface area contributed by atoms with Crippen LogP contribution in [0, 0.1) is 5.92 Å². The number of amides is 1. The highest BCUT2D eigenvalue weighted by Gasteiger charge is 2.30. The fraction of sp³-hybridized carbons (Fsp3) is 0.688. The van der Waals surface area contributed by atoms with Crippen LogP contribution in [0.25, 0.3) is 0 Å². The van der Waals surface area contributed by atoms with Crippen molar-refractivity contribution in [3.05, 3.63) is 16.1 Å². The molecule has 1 saturated carbocycles. The molecular formula is C16H24N2O3S. The van der Waals surface area contributed by atoms with E-state index in [1.807, 2.05) is 0 Å². The summed E-state index contributed by atoms with van der Waals surface area (Å²) in [6.07, 6.45) is 8.94. The third kappa shape index (κ3) is 4.53. The summed E-state index contributed by atoms with van der Waals surface area (Å²) in [7, 11) is 0. The first kappa shape index (κ1) is 16.9. The summed E-state index contributed by atoms with van der Waals surface area (Å²) in [5, 5.41) is 13.3. The highest BCUT2D eigenvalue weighted by atomic mass is 32.1. The number of nitrogens with zero attached hydrogens (tertiary/aromatic N) is 1. The molecule has 0 saturated heterocycles. The van der Waals surface area contributed by atoms with Gasteiger partial charge in [0.05, 0.1) is 17.1 Å². The normalized spacial score (nSPS) is 22.6. The number of carboxylic acids is 1. The van der Waals surface area contributed by atoms with Gasteiger partial charge in [0, 0.05) is 6.04 Å². The molecule has 5 nitrogen and oxygen atoms in total. The van der Waals surface area contributed by atoms with Crippen molar-refractivity contribution in [1.82, 2.24) is 10.3 Å². The number of nitrogens with one attached hydrogen (secondary N) is 1. The number of hydrogen-bond acceptors (Lipinski definition) is 4. The van der Waals surface area contributed by atoms with Crippen LogP contribution in [0.1, 0.15) is 66.5 Å². The molecule has 0 bridgehead atoms. The van der Waals surface area contributed by atoms with Gasteiger partial charge in [-0.1, -0.05) is 32.6 Å². The molecule has 2 unspecified atom stereocenters. The number of carbonyl (C=O) groups excluding carboxylic acids is 1. The van der Waals surface area contributed by atoms with E-state index < -0.39 is 11.9 Å². The molecule has 22 heavy (non-hydrogen) atoms. The predicted octanol–water partition coefficient (Wildman–Crippen LogP) is 3.25. The molecule has 122 valence electrons. The summed E-state index contributed by atoms with van der Waals surface area (Å²) in [5.41, 5.74) is 0. The van der Waals surface area contributed by atoms with E-state index in [0.29, 0.717) is 11.3 Å². The molecule has 1 aromatic heterocycles. The topological polar surface area (TPSA) is 79.3 Å². The summed E-state index contributed by atoms with van der Waals surface area (Å²) in [6, 6.07) is -0.276. The van der Waals surface area contributed by atoms with Gasteiger partial charge < -0.3 is 10.4 Å². The molecule has 0 aliphatic heterocycles. The van der Waals surface area contributed by atoms with Crippen LogP contribution >= 0.6 is 11.3 Å². The van der Waals surface area contributed by atoms with Crippen molar-refractivity contribution in [3.8, 4) is 0 Å². The minimum Gasteiger partial charge on any atom is -0.481 e. The lowest BCUT2D eigenvalue weighted by Crippen LogP contribution is -2.43. The molecule has 1 heterocycles. The summed E-state index contributed by atoms with van der Waals surface area (Å²) < 4.78 is 0. The molecule has 1 aromatic rings. The molecule has 1 aliphatic carbocycles. The van der Waals surface area contributed by atoms with Gasteiger partial charge in [0.25, 0.3) is 5.91 Å². The van der Waals surface area contributed by atoms with E-state index in [0.717, 1.165) is 50.0 Å². The van der Waals surface area contributed by atoms with Crippen molar-refractivity contribution in [2.24, 2.45) is 5.92 Å². The standard InChI is InChI=1S/C16H24N2O3S/c1-2-7-14-17-10-13(22-14)15(19)18-12-9-6-4-3-5-8-11(12)16(20)21/h10-12H,2-9H2,1H3,(H,18,19)(H,20,21). The Bertz CT molecular complexity index is 515. The van der Waals surface area contributed by atoms with Crippen molar-refractivity contribution < 1.29 is 14.7 Å². The van der Waals surface area contributed by atoms with Gasteiger partial charge in [-0.05, 0) is 25.7 Å². The highest BCUT2D eigenvalue weighted by molar-refractivity contribution is 7.13. The van der Waals surface area contributed by atoms with Gasteiger partial charge in [0.2, 0.25) is 0 Å². The zero-order valence-electron chi connectivity index (χ0n) is 13.0. The van der Waals surface area contributed by atoms with Gasteiger partial charge in [-0.3, -0.25) is 9.59 Å². The molecule has 1 fully saturated rings. The lowest BCUT2D eigenvalue weighted by atomic mass is 9.87. The van der Waals surface area contributed by atoms with Crippen LogP contribution in [0.2, 0.25) is 0 Å². The zero-order chi connectivity index (χ0) is 15.9. The number of carbonyl (C=O) groups is 2. The van der Waals surface area contributed by atoms with Crippen LogP contribution in [0.5, 0.6) is 0 Å². The van der Waals surface area contributed by atoms with E-state index in [-0.39, 0.29) is 11.9 Å². The van der Waals surface area contributed by atoms with Crippen LogP contribution in [0.15, 0.2) is 6.20 Å². The monoisotopic (exact) mass is 324 g/mol. The van der Waals surface area contributed by atoms with E-state index in [1.54, 1.807) is 6.20 Å². The van der Waals surface area contributed by atoms with Crippen molar-refractivity contribution in [2.75, 3.05) is 0 Å². The van der Waals surface area contributed by atoms with Crippen molar-refractivity contribution in [2.45, 2.75) is 64.3 Å². The number of aryl methyl sites for hydroxylation is 1. The SMILES string of the molecule is CCCc1ncc(C(=O)NC2CCCCCCC2C(=O)O)s1. The van der Waals surface area contributed by atoms with E-state index in [2.05, 4.69) is 17.2 Å². The summed E-state index contributed by atoms with van der Waals surface area (Å²) in [5.74, 6) is -1.47. The third-order valence-electron chi connectivity index (χ3n) is 4.14. The number of carboxylic acid groups (broad SMARTS) is 1. The first-order chi connectivity index (χ1) is 10.6. The third-order valence-corrected chi connectivity index (χ3v) is 5.20. The number of aromatic nitrogens is 1. The average Bonchev–Trinajstić information content (AvgIpc) is 2.90. The molecule has 1 aliphatic rings. The van der Waals surface area contributed by atoms with Gasteiger partial charge in [0.1, 0.15) is 4.88 Å². The molecule has 2 atom stereocenters. The smallest absolute Gasteiger partial charge is 0.308 e. The highest BCUT2D eigenvalue weighted by Crippen LogP contribution is 2.24. The number of aliphatic carboxylic acids is 1. The average molecular weight is 324 g/mol. The minimum absolute atomic E-state index is 0.184. The number of thiazole rings is 1. The molecule has 0 aromatic carbocycles. The molecule has 1 amide bonds. The maximum absolute atomic E-state index is 12.4. The van der Waals surface area contributed by atoms with Crippen molar-refractivity contribution in [3.63, 3.8) is 0 Å². The molecular weight excluding hydrogens is 300 g/mol. The largest absolute Gasteiger partial charge is 0.481 e. The first-order valence-corrected chi connectivity index (χ1v) is 8.91. The van der Waals surface area contributed by atoms with Gasteiger partial charge in [-0.2, -0.15) is 0 Å². The predicted molar refractivity (Wildman–Crippen MR) is 86.2 cm³/mol. The Balaban J connectivity index is 2.03. The van der Waals surface area contributed by atoms with Gasteiger partial charge in [0.15, 0.2) is 0 Å². The summed E-state index contributed by atoms with van der Waals surface area (Å²) in [4.78, 5) is 28.7. The van der Waals surface area contributed by atoms with Gasteiger partial charge >= 0.3 is 5.97 Å². The Hall–Kier alpha value is -1.43. The van der Waals surface area contributed by atoms with E-state index in [1.165, 1.54) is 11.3 Å². The van der Waals surface area contributed by atoms with E-state index in [4.69, 9.17) is 0 Å². The fourth-order valence-corrected chi connectivity index (χ4v) is 3.86. The number of rotatable bonds is 5. The quantitative estimate of drug-likeness (QED) is 0.871. The Kier molecular flexibility index (Phi) is 6.36. The fourth-order valence-electron chi connectivity index (χ4n) is 2.94. The molecule has 6 heteroatoms. The van der Waals surface area contributed by atoms with Crippen LogP contribution < -0.4 is 5.32 Å². The lowest BCUT2D eigenvalue weighted by molar-refractivity contribution is -0.143. The Morgan fingerprint density at radius 2 is 2.05 bits per heavy atom. The molecule has 0 radical (unpaired) electrons. The zero-order valence-corrected chi connectivity index (χ0v) is 13.8. The van der Waals surface area contributed by atoms with E-state index >= 15 is 0 Å². The van der Waals surface area contributed by atoms with Crippen molar-refractivity contribution >= 4 is 23.2 Å². The summed E-state index contributed by atoms with van der Waals surface area (Å²) in [6.45, 7) is 2.08. The maximum Gasteiger partial charge on any atom is 0.308 e. The minimum atomic E-state index is -0.803. The van der Waals surface area contributed by atoms with Crippen LogP contribution in [0.4, 0.5) is 0 Å². The second-order valence-electron chi connectivity index (χ2n) is 5.88. The van der Waals surface area contributed by atoms with E-state index in [9.17, 15) is 14.7 Å².